The van der Waals surface area contributed by atoms with Gasteiger partial charge in [0.05, 0.1) is 18.7 Å². The lowest BCUT2D eigenvalue weighted by atomic mass is 10.2. The van der Waals surface area contributed by atoms with Gasteiger partial charge < -0.3 is 24.3 Å². The largest absolute Gasteiger partial charge is 0.464 e. The quantitative estimate of drug-likeness (QED) is 0.603. The Morgan fingerprint density at radius 1 is 1.12 bits per heavy atom. The van der Waals surface area contributed by atoms with Gasteiger partial charge in [-0.25, -0.2) is 4.79 Å². The first-order chi connectivity index (χ1) is 15.0. The summed E-state index contributed by atoms with van der Waals surface area (Å²) in [5.41, 5.74) is -0.614. The number of alkyl halides is 3. The average Bonchev–Trinajstić information content (AvgIpc) is 3.13. The van der Waals surface area contributed by atoms with E-state index in [0.717, 1.165) is 17.9 Å². The number of amides is 3. The van der Waals surface area contributed by atoms with Crippen molar-refractivity contribution in [3.05, 3.63) is 53.5 Å². The fourth-order valence-corrected chi connectivity index (χ4v) is 2.92. The highest BCUT2D eigenvalue weighted by Gasteiger charge is 2.30. The number of carbonyl (C=O) groups excluding carboxylic acids is 2. The number of methoxy groups -OCH3 is 1. The van der Waals surface area contributed by atoms with Gasteiger partial charge in [-0.3, -0.25) is 4.79 Å². The Kier molecular flexibility index (Phi) is 8.71. The number of nitrogens with one attached hydrogen (secondary N) is 1. The lowest BCUT2D eigenvalue weighted by Crippen LogP contribution is -2.47. The van der Waals surface area contributed by atoms with Gasteiger partial charge in [-0.1, -0.05) is 0 Å². The summed E-state index contributed by atoms with van der Waals surface area (Å²) in [6.07, 6.45) is -4.46. The molecule has 1 aromatic carbocycles. The number of halogens is 3. The minimum Gasteiger partial charge on any atom is -0.464 e. The van der Waals surface area contributed by atoms with Crippen LogP contribution in [0.15, 0.2) is 40.8 Å². The first-order valence-electron chi connectivity index (χ1n) is 10.1. The molecule has 1 aromatic heterocycles. The summed E-state index contributed by atoms with van der Waals surface area (Å²) < 4.78 is 48.8. The number of anilines is 1. The maximum Gasteiger partial charge on any atom is 0.416 e. The molecular formula is C22H28F3N3O4. The van der Waals surface area contributed by atoms with Crippen LogP contribution in [0.5, 0.6) is 0 Å². The first-order valence-corrected chi connectivity index (χ1v) is 10.1. The van der Waals surface area contributed by atoms with E-state index in [0.29, 0.717) is 18.9 Å². The van der Waals surface area contributed by atoms with Gasteiger partial charge in [-0.2, -0.15) is 13.2 Å². The Morgan fingerprint density at radius 3 is 2.28 bits per heavy atom. The second kappa shape index (κ2) is 11.0. The third-order valence-corrected chi connectivity index (χ3v) is 4.71. The van der Waals surface area contributed by atoms with E-state index in [1.165, 1.54) is 29.0 Å². The Bertz CT molecular complexity index is 895. The van der Waals surface area contributed by atoms with Crippen molar-refractivity contribution in [2.45, 2.75) is 39.5 Å². The fourth-order valence-electron chi connectivity index (χ4n) is 2.92. The van der Waals surface area contributed by atoms with Crippen LogP contribution in [0, 0.1) is 6.92 Å². The molecule has 176 valence electrons. The Morgan fingerprint density at radius 2 is 1.78 bits per heavy atom. The smallest absolute Gasteiger partial charge is 0.416 e. The van der Waals surface area contributed by atoms with Crippen LogP contribution in [0.2, 0.25) is 0 Å². The van der Waals surface area contributed by atoms with Crippen molar-refractivity contribution in [2.24, 2.45) is 0 Å². The highest BCUT2D eigenvalue weighted by Crippen LogP contribution is 2.29. The zero-order chi connectivity index (χ0) is 23.9. The molecule has 0 atom stereocenters. The van der Waals surface area contributed by atoms with Crippen LogP contribution in [-0.4, -0.2) is 54.6 Å². The van der Waals surface area contributed by atoms with Crippen molar-refractivity contribution >= 4 is 17.6 Å². The van der Waals surface area contributed by atoms with Gasteiger partial charge in [0, 0.05) is 25.4 Å². The number of hydrogen-bond acceptors (Lipinski definition) is 4. The van der Waals surface area contributed by atoms with E-state index in [4.69, 9.17) is 9.15 Å². The van der Waals surface area contributed by atoms with E-state index in [9.17, 15) is 22.8 Å². The van der Waals surface area contributed by atoms with E-state index in [2.05, 4.69) is 5.32 Å². The zero-order valence-corrected chi connectivity index (χ0v) is 18.5. The average molecular weight is 455 g/mol. The Balaban J connectivity index is 2.08. The molecule has 0 unspecified atom stereocenters. The van der Waals surface area contributed by atoms with Crippen LogP contribution in [0.4, 0.5) is 23.7 Å². The van der Waals surface area contributed by atoms with E-state index in [1.54, 1.807) is 32.9 Å². The molecule has 2 rings (SSSR count). The number of hydrogen-bond donors (Lipinski definition) is 1. The van der Waals surface area contributed by atoms with Crippen LogP contribution in [-0.2, 0) is 22.3 Å². The summed E-state index contributed by atoms with van der Waals surface area (Å²) >= 11 is 0. The highest BCUT2D eigenvalue weighted by molar-refractivity contribution is 5.92. The second-order valence-corrected chi connectivity index (χ2v) is 7.55. The van der Waals surface area contributed by atoms with Crippen molar-refractivity contribution in [3.8, 4) is 0 Å². The number of nitrogens with zero attached hydrogens (tertiary/aromatic N) is 2. The summed E-state index contributed by atoms with van der Waals surface area (Å²) in [4.78, 5) is 28.6. The molecule has 7 nitrogen and oxygen atoms in total. The molecule has 0 saturated carbocycles. The monoisotopic (exact) mass is 455 g/mol. The van der Waals surface area contributed by atoms with E-state index >= 15 is 0 Å². The SMILES string of the molecule is COCCN(Cc1ccc(C)o1)C(=O)CN(C(=O)Nc1ccc(C(F)(F)F)cc1)C(C)C. The van der Waals surface area contributed by atoms with Crippen molar-refractivity contribution in [2.75, 3.05) is 32.1 Å². The van der Waals surface area contributed by atoms with Crippen LogP contribution < -0.4 is 5.32 Å². The summed E-state index contributed by atoms with van der Waals surface area (Å²) in [6, 6.07) is 6.77. The standard InChI is InChI=1S/C22H28F3N3O4/c1-15(2)28(21(30)26-18-8-6-17(7-9-18)22(23,24)25)14-20(29)27(11-12-31-4)13-19-10-5-16(3)32-19/h5-10,15H,11-14H2,1-4H3,(H,26,30). The van der Waals surface area contributed by atoms with Crippen molar-refractivity contribution in [1.82, 2.24) is 9.80 Å². The van der Waals surface area contributed by atoms with Crippen molar-refractivity contribution in [3.63, 3.8) is 0 Å². The molecule has 0 spiro atoms. The van der Waals surface area contributed by atoms with Gasteiger partial charge in [-0.05, 0) is 57.2 Å². The third kappa shape index (κ3) is 7.30. The lowest BCUT2D eigenvalue weighted by Gasteiger charge is -2.29. The number of carbonyl (C=O) groups is 2. The fraction of sp³-hybridized carbons (Fsp3) is 0.455. The molecular weight excluding hydrogens is 427 g/mol. The van der Waals surface area contributed by atoms with E-state index < -0.39 is 17.8 Å². The number of aryl methyl sites for hydroxylation is 1. The number of urea groups is 1. The molecule has 0 fully saturated rings. The van der Waals surface area contributed by atoms with Gasteiger partial charge in [-0.15, -0.1) is 0 Å². The molecule has 0 bridgehead atoms. The summed E-state index contributed by atoms with van der Waals surface area (Å²) in [5, 5.41) is 2.55. The number of benzene rings is 1. The molecule has 3 amide bonds. The molecule has 0 saturated heterocycles. The second-order valence-electron chi connectivity index (χ2n) is 7.55. The minimum atomic E-state index is -4.46. The van der Waals surface area contributed by atoms with E-state index in [-0.39, 0.29) is 30.7 Å². The normalized spacial score (nSPS) is 11.5. The van der Waals surface area contributed by atoms with Crippen molar-refractivity contribution in [1.29, 1.82) is 0 Å². The van der Waals surface area contributed by atoms with Crippen LogP contribution in [0.1, 0.15) is 30.9 Å². The summed E-state index contributed by atoms with van der Waals surface area (Å²) in [7, 11) is 1.53. The molecule has 10 heteroatoms. The van der Waals surface area contributed by atoms with Gasteiger partial charge in [0.1, 0.15) is 18.1 Å². The summed E-state index contributed by atoms with van der Waals surface area (Å²) in [6.45, 7) is 5.92. The molecule has 2 aromatic rings. The third-order valence-electron chi connectivity index (χ3n) is 4.71. The Labute approximate surface area is 185 Å². The highest BCUT2D eigenvalue weighted by atomic mass is 19.4. The van der Waals surface area contributed by atoms with Crippen LogP contribution >= 0.6 is 0 Å². The maximum atomic E-state index is 13.0. The zero-order valence-electron chi connectivity index (χ0n) is 18.5. The molecule has 0 radical (unpaired) electrons. The lowest BCUT2D eigenvalue weighted by molar-refractivity contribution is -0.137. The molecule has 1 N–H and O–H groups in total. The predicted octanol–water partition coefficient (Wildman–Crippen LogP) is 4.52. The minimum absolute atomic E-state index is 0.198. The predicted molar refractivity (Wildman–Crippen MR) is 113 cm³/mol. The number of rotatable bonds is 9. The van der Waals surface area contributed by atoms with E-state index in [1.807, 2.05) is 0 Å². The molecule has 0 aliphatic carbocycles. The van der Waals surface area contributed by atoms with Gasteiger partial charge in [0.25, 0.3) is 0 Å². The molecule has 0 aliphatic rings. The van der Waals surface area contributed by atoms with Crippen LogP contribution in [0.3, 0.4) is 0 Å². The molecule has 1 heterocycles. The topological polar surface area (TPSA) is 75.0 Å². The van der Waals surface area contributed by atoms with Crippen LogP contribution in [0.25, 0.3) is 0 Å². The summed E-state index contributed by atoms with van der Waals surface area (Å²) in [5.74, 6) is 1.02. The number of furan rings is 1. The molecule has 0 aliphatic heterocycles. The van der Waals surface area contributed by atoms with Gasteiger partial charge in [0.15, 0.2) is 0 Å². The van der Waals surface area contributed by atoms with Gasteiger partial charge >= 0.3 is 12.2 Å². The Hall–Kier alpha value is -3.01. The maximum absolute atomic E-state index is 13.0. The molecule has 32 heavy (non-hydrogen) atoms. The number of ether oxygens (including phenoxy) is 1. The first kappa shape index (κ1) is 25.3. The van der Waals surface area contributed by atoms with Crippen molar-refractivity contribution < 1.29 is 31.9 Å². The van der Waals surface area contributed by atoms with Gasteiger partial charge in [0.2, 0.25) is 5.91 Å².